The Labute approximate surface area is 615 Å². The van der Waals surface area contributed by atoms with E-state index in [1.54, 1.807) is 20.2 Å². The van der Waals surface area contributed by atoms with Gasteiger partial charge in [0.05, 0.1) is 0 Å². The molecule has 1 rings (SSSR count). The average Bonchev–Trinajstić information content (AvgIpc) is 0.887. The van der Waals surface area contributed by atoms with E-state index in [4.69, 9.17) is 0 Å². The van der Waals surface area contributed by atoms with E-state index in [-0.39, 0.29) is 0 Å². The van der Waals surface area contributed by atoms with E-state index in [1.807, 2.05) is 0 Å². The number of benzene rings is 1. The fraction of sp³-hybridized carbons (Fsp3) is 0.935. The van der Waals surface area contributed by atoms with Crippen LogP contribution in [0.5, 0.6) is 0 Å². The third-order valence-electron chi connectivity index (χ3n) is 21.7. The number of unbranched alkanes of at least 4 members (excludes halogenated alkanes) is 75. The molecule has 0 aliphatic carbocycles. The van der Waals surface area contributed by atoms with Gasteiger partial charge in [-0.1, -0.05) is 509 Å². The van der Waals surface area contributed by atoms with Crippen molar-refractivity contribution in [2.45, 2.75) is 550 Å². The van der Waals surface area contributed by atoms with Crippen LogP contribution in [0.4, 0.5) is 0 Å². The van der Waals surface area contributed by atoms with Gasteiger partial charge < -0.3 is 0 Å². The molecule has 1 aromatic carbocycles. The van der Waals surface area contributed by atoms with E-state index in [1.165, 1.54) is 518 Å². The van der Waals surface area contributed by atoms with Crippen LogP contribution in [0.3, 0.4) is 0 Å². The first-order valence-electron chi connectivity index (χ1n) is 45.3. The SMILES string of the molecule is CCCCCCCCCCCCCCCCCCCCCCCCCCCCSc1cc(CC)cc(SCCCCCCCCCCCCCCCCCCCCCCCCCCCC)c1SCCCCCCCCCCCCCCCCCCCCCCCCCCCC. The molecule has 0 spiro atoms. The van der Waals surface area contributed by atoms with Crippen LogP contribution in [0.1, 0.15) is 534 Å². The van der Waals surface area contributed by atoms with Gasteiger partial charge >= 0.3 is 0 Å². The molecule has 0 radical (unpaired) electrons. The average molecular weight is 1380 g/mol. The summed E-state index contributed by atoms with van der Waals surface area (Å²) in [5.74, 6) is 3.89. The summed E-state index contributed by atoms with van der Waals surface area (Å²) in [7, 11) is 0. The molecule has 0 aliphatic rings. The van der Waals surface area contributed by atoms with E-state index in [0.717, 1.165) is 6.42 Å². The molecule has 0 N–H and O–H groups in total. The lowest BCUT2D eigenvalue weighted by molar-refractivity contribution is 0.516. The van der Waals surface area contributed by atoms with Crippen molar-refractivity contribution >= 4 is 35.3 Å². The molecule has 3 heteroatoms. The molecule has 0 saturated heterocycles. The van der Waals surface area contributed by atoms with Gasteiger partial charge in [-0.05, 0) is 60.6 Å². The maximum atomic E-state index is 2.61. The molecule has 0 heterocycles. The maximum absolute atomic E-state index is 2.61. The predicted octanol–water partition coefficient (Wildman–Crippen LogP) is 36.0. The van der Waals surface area contributed by atoms with Gasteiger partial charge in [0, 0.05) is 14.7 Å². The Morgan fingerprint density at radius 2 is 0.284 bits per heavy atom. The highest BCUT2D eigenvalue weighted by Crippen LogP contribution is 2.41. The zero-order valence-electron chi connectivity index (χ0n) is 66.4. The van der Waals surface area contributed by atoms with E-state index in [9.17, 15) is 0 Å². The van der Waals surface area contributed by atoms with E-state index in [0.29, 0.717) is 0 Å². The molecule has 0 fully saturated rings. The van der Waals surface area contributed by atoms with Gasteiger partial charge in [0.25, 0.3) is 0 Å². The molecular weight excluding hydrogens is 1200 g/mol. The molecule has 0 nitrogen and oxygen atoms in total. The molecule has 0 saturated carbocycles. The van der Waals surface area contributed by atoms with E-state index in [2.05, 4.69) is 75.1 Å². The first-order chi connectivity index (χ1) is 47.3. The highest BCUT2D eigenvalue weighted by Gasteiger charge is 2.14. The Hall–Kier alpha value is 0.270. The molecule has 564 valence electrons. The minimum absolute atomic E-state index is 1.16. The van der Waals surface area contributed by atoms with Gasteiger partial charge in [-0.25, -0.2) is 0 Å². The largest absolute Gasteiger partial charge is 0.125 e. The Kier molecular flexibility index (Phi) is 81.7. The van der Waals surface area contributed by atoms with Gasteiger partial charge in [-0.2, -0.15) is 0 Å². The molecule has 0 aliphatic heterocycles. The van der Waals surface area contributed by atoms with Crippen molar-refractivity contribution in [2.75, 3.05) is 17.3 Å². The molecular formula is C92H178S3. The van der Waals surface area contributed by atoms with Crippen LogP contribution in [0.15, 0.2) is 26.8 Å². The number of hydrogen-bond acceptors (Lipinski definition) is 3. The van der Waals surface area contributed by atoms with Crippen LogP contribution in [-0.4, -0.2) is 17.3 Å². The van der Waals surface area contributed by atoms with Crippen LogP contribution in [0.25, 0.3) is 0 Å². The number of rotatable bonds is 85. The van der Waals surface area contributed by atoms with Crippen molar-refractivity contribution in [1.82, 2.24) is 0 Å². The molecule has 0 unspecified atom stereocenters. The Morgan fingerprint density at radius 1 is 0.158 bits per heavy atom. The summed E-state index contributed by atoms with van der Waals surface area (Å²) >= 11 is 6.66. The fourth-order valence-corrected chi connectivity index (χ4v) is 18.8. The lowest BCUT2D eigenvalue weighted by atomic mass is 10.0. The van der Waals surface area contributed by atoms with Crippen molar-refractivity contribution in [3.8, 4) is 0 Å². The minimum atomic E-state index is 1.16. The molecule has 1 aromatic rings. The monoisotopic (exact) mass is 1380 g/mol. The summed E-state index contributed by atoms with van der Waals surface area (Å²) in [4.78, 5) is 4.90. The van der Waals surface area contributed by atoms with Crippen molar-refractivity contribution in [2.24, 2.45) is 0 Å². The first kappa shape index (κ1) is 93.3. The molecule has 0 amide bonds. The van der Waals surface area contributed by atoms with Crippen LogP contribution < -0.4 is 0 Å². The van der Waals surface area contributed by atoms with Gasteiger partial charge in [0.15, 0.2) is 0 Å². The number of aryl methyl sites for hydroxylation is 1. The second-order valence-electron chi connectivity index (χ2n) is 31.3. The molecule has 0 atom stereocenters. The maximum Gasteiger partial charge on any atom is 0.0344 e. The summed E-state index contributed by atoms with van der Waals surface area (Å²) in [6.07, 6.45) is 116. The van der Waals surface area contributed by atoms with Crippen LogP contribution in [-0.2, 0) is 6.42 Å². The molecule has 0 aromatic heterocycles. The van der Waals surface area contributed by atoms with Gasteiger partial charge in [-0.3, -0.25) is 0 Å². The summed E-state index contributed by atoms with van der Waals surface area (Å²) < 4.78 is 0. The van der Waals surface area contributed by atoms with Crippen LogP contribution in [0, 0.1) is 0 Å². The molecule has 0 bridgehead atoms. The third kappa shape index (κ3) is 72.4. The van der Waals surface area contributed by atoms with Gasteiger partial charge in [0.2, 0.25) is 0 Å². The predicted molar refractivity (Wildman–Crippen MR) is 445 cm³/mol. The number of hydrogen-bond donors (Lipinski definition) is 0. The van der Waals surface area contributed by atoms with Gasteiger partial charge in [-0.15, -0.1) is 35.3 Å². The standard InChI is InChI=1S/C92H178S3/c1-5-9-12-15-18-21-24-27-30-33-36-39-42-45-48-51-54-57-60-63-66-69-72-75-78-81-84-93-90-87-89(8-4)88-91(94-85-82-79-76-73-70-67-64-61-58-55-52-49-46-43-40-37-34-31-28-25-22-19-16-13-10-6-2)92(90)95-86-83-80-77-74-71-68-65-62-59-56-53-50-47-44-41-38-35-32-29-26-23-20-17-14-11-7-3/h87-88H,5-86H2,1-4H3. The second-order valence-corrected chi connectivity index (χ2v) is 34.7. The quantitative estimate of drug-likeness (QED) is 0.0471. The summed E-state index contributed by atoms with van der Waals surface area (Å²) in [6.45, 7) is 9.35. The highest BCUT2D eigenvalue weighted by molar-refractivity contribution is 8.03. The molecule has 95 heavy (non-hydrogen) atoms. The summed E-state index contributed by atoms with van der Waals surface area (Å²) in [5, 5.41) is 0. The fourth-order valence-electron chi connectivity index (χ4n) is 15.0. The van der Waals surface area contributed by atoms with Crippen molar-refractivity contribution in [3.05, 3.63) is 17.7 Å². The van der Waals surface area contributed by atoms with E-state index < -0.39 is 0 Å². The third-order valence-corrected chi connectivity index (χ3v) is 25.5. The first-order valence-corrected chi connectivity index (χ1v) is 48.3. The summed E-state index contributed by atoms with van der Waals surface area (Å²) in [5.41, 5.74) is 1.56. The smallest absolute Gasteiger partial charge is 0.0344 e. The zero-order chi connectivity index (χ0) is 67.8. The lowest BCUT2D eigenvalue weighted by Crippen LogP contribution is -1.94. The number of thioether (sulfide) groups is 3. The minimum Gasteiger partial charge on any atom is -0.125 e. The lowest BCUT2D eigenvalue weighted by Gasteiger charge is -2.16. The van der Waals surface area contributed by atoms with Crippen LogP contribution in [0.2, 0.25) is 0 Å². The Balaban J connectivity index is 2.29. The normalized spacial score (nSPS) is 11.8. The van der Waals surface area contributed by atoms with Crippen LogP contribution >= 0.6 is 35.3 Å². The topological polar surface area (TPSA) is 0 Å². The van der Waals surface area contributed by atoms with E-state index >= 15 is 0 Å². The zero-order valence-corrected chi connectivity index (χ0v) is 68.8. The van der Waals surface area contributed by atoms with Crippen molar-refractivity contribution in [1.29, 1.82) is 0 Å². The highest BCUT2D eigenvalue weighted by atomic mass is 32.2. The van der Waals surface area contributed by atoms with Crippen molar-refractivity contribution in [3.63, 3.8) is 0 Å². The Morgan fingerprint density at radius 3 is 0.421 bits per heavy atom. The van der Waals surface area contributed by atoms with Crippen molar-refractivity contribution < 1.29 is 0 Å². The van der Waals surface area contributed by atoms with Gasteiger partial charge in [0.1, 0.15) is 0 Å². The summed E-state index contributed by atoms with van der Waals surface area (Å²) in [6, 6.07) is 5.22. The second kappa shape index (κ2) is 83.2. The Bertz CT molecular complexity index is 1460.